The fraction of sp³-hybridized carbons (Fsp3) is 1.00. The van der Waals surface area contributed by atoms with E-state index in [1.54, 1.807) is 0 Å². The second-order valence-corrected chi connectivity index (χ2v) is 5.89. The lowest BCUT2D eigenvalue weighted by Crippen LogP contribution is -2.47. The van der Waals surface area contributed by atoms with Crippen molar-refractivity contribution >= 4 is 0 Å². The zero-order chi connectivity index (χ0) is 12.8. The van der Waals surface area contributed by atoms with Gasteiger partial charge in [-0.3, -0.25) is 0 Å². The Morgan fingerprint density at radius 2 is 1.82 bits per heavy atom. The van der Waals surface area contributed by atoms with Crippen LogP contribution in [-0.2, 0) is 0 Å². The Kier molecular flexibility index (Phi) is 6.45. The normalized spacial score (nSPS) is 22.9. The van der Waals surface area contributed by atoms with E-state index in [1.165, 1.54) is 32.5 Å². The quantitative estimate of drug-likeness (QED) is 0.763. The fourth-order valence-electron chi connectivity index (χ4n) is 2.95. The molecule has 0 bridgehead atoms. The SMILES string of the molecule is CCN1CCC(C(C)NC(C)CN(C)C)CC1. The van der Waals surface area contributed by atoms with Gasteiger partial charge < -0.3 is 15.1 Å². The molecule has 102 valence electrons. The molecule has 3 heteroatoms. The number of likely N-dealkylation sites (N-methyl/N-ethyl adjacent to an activating group) is 1. The Balaban J connectivity index is 2.26. The summed E-state index contributed by atoms with van der Waals surface area (Å²) in [6.45, 7) is 11.8. The van der Waals surface area contributed by atoms with Crippen molar-refractivity contribution < 1.29 is 0 Å². The maximum absolute atomic E-state index is 3.75. The maximum atomic E-state index is 3.75. The average molecular weight is 241 g/mol. The van der Waals surface area contributed by atoms with Crippen molar-refractivity contribution in [2.75, 3.05) is 40.3 Å². The van der Waals surface area contributed by atoms with Gasteiger partial charge in [0.05, 0.1) is 0 Å². The van der Waals surface area contributed by atoms with Crippen LogP contribution in [-0.4, -0.2) is 62.2 Å². The number of hydrogen-bond acceptors (Lipinski definition) is 3. The Bertz CT molecular complexity index is 198. The van der Waals surface area contributed by atoms with Gasteiger partial charge in [0, 0.05) is 18.6 Å². The lowest BCUT2D eigenvalue weighted by atomic mass is 9.90. The minimum absolute atomic E-state index is 0.587. The first-order valence-corrected chi connectivity index (χ1v) is 7.16. The highest BCUT2D eigenvalue weighted by molar-refractivity contribution is 4.81. The van der Waals surface area contributed by atoms with Gasteiger partial charge in [0.1, 0.15) is 0 Å². The molecule has 17 heavy (non-hydrogen) atoms. The van der Waals surface area contributed by atoms with Crippen molar-refractivity contribution in [3.05, 3.63) is 0 Å². The number of piperidine rings is 1. The first-order valence-electron chi connectivity index (χ1n) is 7.16. The molecule has 0 spiro atoms. The van der Waals surface area contributed by atoms with Crippen LogP contribution in [0.25, 0.3) is 0 Å². The molecule has 2 atom stereocenters. The van der Waals surface area contributed by atoms with E-state index in [1.807, 2.05) is 0 Å². The zero-order valence-electron chi connectivity index (χ0n) is 12.4. The van der Waals surface area contributed by atoms with Crippen LogP contribution in [0, 0.1) is 5.92 Å². The molecule has 1 rings (SSSR count). The maximum Gasteiger partial charge on any atom is 0.0169 e. The van der Waals surface area contributed by atoms with E-state index in [0.717, 1.165) is 12.5 Å². The molecule has 1 saturated heterocycles. The van der Waals surface area contributed by atoms with E-state index in [2.05, 4.69) is 50.0 Å². The predicted octanol–water partition coefficient (Wildman–Crippen LogP) is 1.65. The summed E-state index contributed by atoms with van der Waals surface area (Å²) in [7, 11) is 4.28. The second-order valence-electron chi connectivity index (χ2n) is 5.89. The van der Waals surface area contributed by atoms with Gasteiger partial charge in [0.25, 0.3) is 0 Å². The van der Waals surface area contributed by atoms with E-state index < -0.39 is 0 Å². The Labute approximate surface area is 108 Å². The minimum atomic E-state index is 0.587. The molecule has 0 aromatic heterocycles. The van der Waals surface area contributed by atoms with E-state index in [9.17, 15) is 0 Å². The van der Waals surface area contributed by atoms with Crippen LogP contribution in [0.2, 0.25) is 0 Å². The molecule has 0 aromatic rings. The van der Waals surface area contributed by atoms with E-state index in [4.69, 9.17) is 0 Å². The number of likely N-dealkylation sites (tertiary alicyclic amines) is 1. The monoisotopic (exact) mass is 241 g/mol. The molecule has 0 amide bonds. The molecule has 1 heterocycles. The fourth-order valence-corrected chi connectivity index (χ4v) is 2.95. The van der Waals surface area contributed by atoms with Crippen molar-refractivity contribution in [1.82, 2.24) is 15.1 Å². The Morgan fingerprint density at radius 1 is 1.24 bits per heavy atom. The molecule has 2 unspecified atom stereocenters. The molecule has 3 nitrogen and oxygen atoms in total. The third kappa shape index (κ3) is 5.36. The first kappa shape index (κ1) is 14.9. The third-order valence-electron chi connectivity index (χ3n) is 3.97. The van der Waals surface area contributed by atoms with Crippen molar-refractivity contribution in [2.24, 2.45) is 5.92 Å². The van der Waals surface area contributed by atoms with Crippen LogP contribution in [0.4, 0.5) is 0 Å². The number of nitrogens with one attached hydrogen (secondary N) is 1. The van der Waals surface area contributed by atoms with Crippen LogP contribution in [0.15, 0.2) is 0 Å². The van der Waals surface area contributed by atoms with Crippen LogP contribution in [0.1, 0.15) is 33.6 Å². The summed E-state index contributed by atoms with van der Waals surface area (Å²) >= 11 is 0. The van der Waals surface area contributed by atoms with Crippen molar-refractivity contribution in [2.45, 2.75) is 45.7 Å². The van der Waals surface area contributed by atoms with Crippen LogP contribution in [0.5, 0.6) is 0 Å². The van der Waals surface area contributed by atoms with E-state index in [0.29, 0.717) is 12.1 Å². The summed E-state index contributed by atoms with van der Waals surface area (Å²) in [6, 6.07) is 1.24. The van der Waals surface area contributed by atoms with Crippen molar-refractivity contribution in [1.29, 1.82) is 0 Å². The molecular formula is C14H31N3. The topological polar surface area (TPSA) is 18.5 Å². The summed E-state index contributed by atoms with van der Waals surface area (Å²) in [4.78, 5) is 4.82. The molecule has 0 aromatic carbocycles. The first-order chi connectivity index (χ1) is 8.02. The molecule has 1 aliphatic rings. The van der Waals surface area contributed by atoms with Crippen LogP contribution < -0.4 is 5.32 Å². The second kappa shape index (κ2) is 7.34. The van der Waals surface area contributed by atoms with Gasteiger partial charge in [-0.15, -0.1) is 0 Å². The van der Waals surface area contributed by atoms with Gasteiger partial charge in [0.15, 0.2) is 0 Å². The number of hydrogen-bond donors (Lipinski definition) is 1. The minimum Gasteiger partial charge on any atom is -0.310 e. The molecule has 1 N–H and O–H groups in total. The van der Waals surface area contributed by atoms with Crippen molar-refractivity contribution in [3.8, 4) is 0 Å². The molecule has 0 saturated carbocycles. The van der Waals surface area contributed by atoms with Crippen molar-refractivity contribution in [3.63, 3.8) is 0 Å². The summed E-state index contributed by atoms with van der Waals surface area (Å²) in [5.41, 5.74) is 0. The number of rotatable bonds is 6. The molecule has 0 aliphatic carbocycles. The Morgan fingerprint density at radius 3 is 2.29 bits per heavy atom. The van der Waals surface area contributed by atoms with Crippen LogP contribution in [0.3, 0.4) is 0 Å². The predicted molar refractivity (Wildman–Crippen MR) is 75.5 cm³/mol. The standard InChI is InChI=1S/C14H31N3/c1-6-17-9-7-14(8-10-17)13(3)15-12(2)11-16(4)5/h12-15H,6-11H2,1-5H3. The molecule has 0 radical (unpaired) electrons. The average Bonchev–Trinajstić information content (AvgIpc) is 2.28. The summed E-state index contributed by atoms with van der Waals surface area (Å²) < 4.78 is 0. The van der Waals surface area contributed by atoms with Gasteiger partial charge in [-0.25, -0.2) is 0 Å². The molecule has 1 aliphatic heterocycles. The summed E-state index contributed by atoms with van der Waals surface area (Å²) in [5, 5.41) is 3.75. The molecular weight excluding hydrogens is 210 g/mol. The van der Waals surface area contributed by atoms with Gasteiger partial charge in [-0.05, 0) is 66.3 Å². The van der Waals surface area contributed by atoms with Gasteiger partial charge in [-0.2, -0.15) is 0 Å². The largest absolute Gasteiger partial charge is 0.310 e. The smallest absolute Gasteiger partial charge is 0.0169 e. The van der Waals surface area contributed by atoms with Gasteiger partial charge in [-0.1, -0.05) is 6.92 Å². The highest BCUT2D eigenvalue weighted by atomic mass is 15.1. The highest BCUT2D eigenvalue weighted by Gasteiger charge is 2.23. The van der Waals surface area contributed by atoms with E-state index in [-0.39, 0.29) is 0 Å². The Hall–Kier alpha value is -0.120. The van der Waals surface area contributed by atoms with Crippen LogP contribution >= 0.6 is 0 Å². The highest BCUT2D eigenvalue weighted by Crippen LogP contribution is 2.20. The lowest BCUT2D eigenvalue weighted by molar-refractivity contribution is 0.162. The lowest BCUT2D eigenvalue weighted by Gasteiger charge is -2.36. The van der Waals surface area contributed by atoms with Gasteiger partial charge in [0.2, 0.25) is 0 Å². The van der Waals surface area contributed by atoms with E-state index >= 15 is 0 Å². The summed E-state index contributed by atoms with van der Waals surface area (Å²) in [5.74, 6) is 0.863. The summed E-state index contributed by atoms with van der Waals surface area (Å²) in [6.07, 6.45) is 2.72. The third-order valence-corrected chi connectivity index (χ3v) is 3.97. The van der Waals surface area contributed by atoms with Gasteiger partial charge >= 0.3 is 0 Å². The number of nitrogens with zero attached hydrogens (tertiary/aromatic N) is 2. The zero-order valence-corrected chi connectivity index (χ0v) is 12.4. The molecule has 1 fully saturated rings.